The van der Waals surface area contributed by atoms with E-state index in [9.17, 15) is 18.0 Å². The van der Waals surface area contributed by atoms with Crippen LogP contribution in [0.4, 0.5) is 13.2 Å². The Morgan fingerprint density at radius 3 is 2.43 bits per heavy atom. The van der Waals surface area contributed by atoms with E-state index < -0.39 is 23.9 Å². The third-order valence-electron chi connectivity index (χ3n) is 3.27. The molecule has 1 amide bonds. The predicted molar refractivity (Wildman–Crippen MR) is 68.2 cm³/mol. The fourth-order valence-electron chi connectivity index (χ4n) is 2.17. The monoisotopic (exact) mass is 303 g/mol. The Labute approximate surface area is 120 Å². The number of nitrogens with zero attached hydrogens (tertiary/aromatic N) is 1. The molecule has 21 heavy (non-hydrogen) atoms. The molecule has 0 aromatic heterocycles. The van der Waals surface area contributed by atoms with E-state index >= 15 is 0 Å². The lowest BCUT2D eigenvalue weighted by atomic mass is 10.1. The Morgan fingerprint density at radius 2 is 1.95 bits per heavy atom. The van der Waals surface area contributed by atoms with Crippen LogP contribution in [0, 0.1) is 0 Å². The summed E-state index contributed by atoms with van der Waals surface area (Å²) in [7, 11) is 1.33. The van der Waals surface area contributed by atoms with Gasteiger partial charge in [0.05, 0.1) is 12.7 Å². The van der Waals surface area contributed by atoms with Gasteiger partial charge >= 0.3 is 6.18 Å². The van der Waals surface area contributed by atoms with Crippen molar-refractivity contribution in [1.29, 1.82) is 0 Å². The minimum Gasteiger partial charge on any atom is -0.356 e. The standard InChI is InChI=1S/C14H16F3NO3/c1-20-18(12-4-2-3-9-21-12)13(19)10-5-7-11(8-6-10)14(15,16)17/h5-8,12H,2-4,9H2,1H3. The minimum atomic E-state index is -4.42. The molecule has 1 fully saturated rings. The number of hydroxylamine groups is 2. The zero-order valence-electron chi connectivity index (χ0n) is 11.5. The second-order valence-electron chi connectivity index (χ2n) is 4.71. The molecule has 1 atom stereocenters. The van der Waals surface area contributed by atoms with Crippen molar-refractivity contribution in [3.8, 4) is 0 Å². The van der Waals surface area contributed by atoms with Gasteiger partial charge in [0, 0.05) is 12.2 Å². The maximum absolute atomic E-state index is 12.5. The highest BCUT2D eigenvalue weighted by atomic mass is 19.4. The Morgan fingerprint density at radius 1 is 1.29 bits per heavy atom. The van der Waals surface area contributed by atoms with E-state index in [2.05, 4.69) is 0 Å². The van der Waals surface area contributed by atoms with Crippen LogP contribution in [0.15, 0.2) is 24.3 Å². The Hall–Kier alpha value is -1.60. The molecule has 1 aromatic carbocycles. The molecule has 4 nitrogen and oxygen atoms in total. The molecule has 0 N–H and O–H groups in total. The molecule has 1 aromatic rings. The topological polar surface area (TPSA) is 38.8 Å². The lowest BCUT2D eigenvalue weighted by Crippen LogP contribution is -2.42. The quantitative estimate of drug-likeness (QED) is 0.805. The van der Waals surface area contributed by atoms with E-state index in [0.717, 1.165) is 42.2 Å². The number of carbonyl (C=O) groups is 1. The van der Waals surface area contributed by atoms with E-state index in [4.69, 9.17) is 9.57 Å². The summed E-state index contributed by atoms with van der Waals surface area (Å²) in [6, 6.07) is 4.03. The van der Waals surface area contributed by atoms with Gasteiger partial charge in [-0.2, -0.15) is 18.2 Å². The normalized spacial score (nSPS) is 19.3. The minimum absolute atomic E-state index is 0.124. The number of carbonyl (C=O) groups excluding carboxylic acids is 1. The van der Waals surface area contributed by atoms with Gasteiger partial charge in [0.2, 0.25) is 0 Å². The average Bonchev–Trinajstić information content (AvgIpc) is 2.48. The molecule has 0 saturated carbocycles. The average molecular weight is 303 g/mol. The van der Waals surface area contributed by atoms with E-state index in [1.165, 1.54) is 7.11 Å². The van der Waals surface area contributed by atoms with Crippen molar-refractivity contribution in [2.45, 2.75) is 31.7 Å². The van der Waals surface area contributed by atoms with Gasteiger partial charge in [-0.3, -0.25) is 9.63 Å². The number of benzene rings is 1. The van der Waals surface area contributed by atoms with Crippen LogP contribution in [0.3, 0.4) is 0 Å². The number of hydrogen-bond donors (Lipinski definition) is 0. The molecule has 116 valence electrons. The largest absolute Gasteiger partial charge is 0.416 e. The van der Waals surface area contributed by atoms with Crippen molar-refractivity contribution in [2.24, 2.45) is 0 Å². The molecular formula is C14H16F3NO3. The molecule has 1 aliphatic rings. The first-order valence-electron chi connectivity index (χ1n) is 6.60. The second-order valence-corrected chi connectivity index (χ2v) is 4.71. The first-order valence-corrected chi connectivity index (χ1v) is 6.60. The van der Waals surface area contributed by atoms with Gasteiger partial charge in [-0.05, 0) is 43.5 Å². The Bertz CT molecular complexity index is 481. The van der Waals surface area contributed by atoms with Crippen LogP contribution in [-0.4, -0.2) is 30.9 Å². The number of halogens is 3. The van der Waals surface area contributed by atoms with Crippen molar-refractivity contribution in [3.63, 3.8) is 0 Å². The van der Waals surface area contributed by atoms with Crippen LogP contribution in [0.25, 0.3) is 0 Å². The van der Waals surface area contributed by atoms with Crippen LogP contribution in [0.5, 0.6) is 0 Å². The number of amides is 1. The first kappa shape index (κ1) is 15.8. The van der Waals surface area contributed by atoms with Gasteiger partial charge in [-0.25, -0.2) is 0 Å². The van der Waals surface area contributed by atoms with E-state index in [-0.39, 0.29) is 5.56 Å². The van der Waals surface area contributed by atoms with Crippen molar-refractivity contribution in [2.75, 3.05) is 13.7 Å². The molecule has 1 saturated heterocycles. The summed E-state index contributed by atoms with van der Waals surface area (Å²) in [5.41, 5.74) is -0.670. The zero-order chi connectivity index (χ0) is 15.5. The molecule has 1 heterocycles. The van der Waals surface area contributed by atoms with Crippen LogP contribution in [0.2, 0.25) is 0 Å². The fourth-order valence-corrected chi connectivity index (χ4v) is 2.17. The number of rotatable bonds is 3. The number of ether oxygens (including phenoxy) is 1. The van der Waals surface area contributed by atoms with Gasteiger partial charge < -0.3 is 4.74 Å². The van der Waals surface area contributed by atoms with Crippen molar-refractivity contribution in [1.82, 2.24) is 5.06 Å². The SMILES string of the molecule is CON(C(=O)c1ccc(C(F)(F)F)cc1)C1CCCCO1. The van der Waals surface area contributed by atoms with Crippen molar-refractivity contribution >= 4 is 5.91 Å². The maximum Gasteiger partial charge on any atom is 0.416 e. The van der Waals surface area contributed by atoms with E-state index in [1.54, 1.807) is 0 Å². The molecule has 1 unspecified atom stereocenters. The maximum atomic E-state index is 12.5. The van der Waals surface area contributed by atoms with Crippen LogP contribution < -0.4 is 0 Å². The van der Waals surface area contributed by atoms with Gasteiger partial charge in [-0.1, -0.05) is 0 Å². The van der Waals surface area contributed by atoms with Crippen LogP contribution in [-0.2, 0) is 15.8 Å². The van der Waals surface area contributed by atoms with Crippen LogP contribution >= 0.6 is 0 Å². The third kappa shape index (κ3) is 3.74. The summed E-state index contributed by atoms with van der Waals surface area (Å²) in [6.45, 7) is 0.533. The number of hydrogen-bond acceptors (Lipinski definition) is 3. The highest BCUT2D eigenvalue weighted by Crippen LogP contribution is 2.29. The molecular weight excluding hydrogens is 287 g/mol. The summed E-state index contributed by atoms with van der Waals surface area (Å²) in [4.78, 5) is 17.3. The first-order chi connectivity index (χ1) is 9.93. The molecule has 1 aliphatic heterocycles. The lowest BCUT2D eigenvalue weighted by molar-refractivity contribution is -0.213. The smallest absolute Gasteiger partial charge is 0.356 e. The molecule has 0 spiro atoms. The molecule has 0 radical (unpaired) electrons. The summed E-state index contributed by atoms with van der Waals surface area (Å²) in [5, 5.41) is 1.07. The Kier molecular flexibility index (Phi) is 4.84. The molecule has 0 bridgehead atoms. The third-order valence-corrected chi connectivity index (χ3v) is 3.27. The van der Waals surface area contributed by atoms with Crippen molar-refractivity contribution < 1.29 is 27.5 Å². The van der Waals surface area contributed by atoms with E-state index in [0.29, 0.717) is 13.0 Å². The van der Waals surface area contributed by atoms with Gasteiger partial charge in [-0.15, -0.1) is 0 Å². The second kappa shape index (κ2) is 6.44. The summed E-state index contributed by atoms with van der Waals surface area (Å²) in [6.07, 6.45) is -2.46. The highest BCUT2D eigenvalue weighted by Gasteiger charge is 2.31. The van der Waals surface area contributed by atoms with E-state index in [1.807, 2.05) is 0 Å². The zero-order valence-corrected chi connectivity index (χ0v) is 11.5. The molecule has 2 rings (SSSR count). The highest BCUT2D eigenvalue weighted by molar-refractivity contribution is 5.93. The van der Waals surface area contributed by atoms with Gasteiger partial charge in [0.15, 0.2) is 6.23 Å². The summed E-state index contributed by atoms with van der Waals surface area (Å²) < 4.78 is 42.9. The number of alkyl halides is 3. The lowest BCUT2D eigenvalue weighted by Gasteiger charge is -2.31. The van der Waals surface area contributed by atoms with Crippen molar-refractivity contribution in [3.05, 3.63) is 35.4 Å². The van der Waals surface area contributed by atoms with Gasteiger partial charge in [0.1, 0.15) is 0 Å². The van der Waals surface area contributed by atoms with Crippen LogP contribution in [0.1, 0.15) is 35.2 Å². The molecule has 7 heteroatoms. The van der Waals surface area contributed by atoms with Gasteiger partial charge in [0.25, 0.3) is 5.91 Å². The Balaban J connectivity index is 2.13. The predicted octanol–water partition coefficient (Wildman–Crippen LogP) is 3.24. The summed E-state index contributed by atoms with van der Waals surface area (Å²) >= 11 is 0. The summed E-state index contributed by atoms with van der Waals surface area (Å²) in [5.74, 6) is -0.516. The molecule has 0 aliphatic carbocycles. The fraction of sp³-hybridized carbons (Fsp3) is 0.500.